The Labute approximate surface area is 127 Å². The van der Waals surface area contributed by atoms with Crippen LogP contribution in [-0.4, -0.2) is 15.9 Å². The highest BCUT2D eigenvalue weighted by molar-refractivity contribution is 5.87. The van der Waals surface area contributed by atoms with Crippen molar-refractivity contribution < 1.29 is 14.1 Å². The molecule has 0 saturated carbocycles. The number of hydrogen-bond acceptors (Lipinski definition) is 3. The van der Waals surface area contributed by atoms with Crippen molar-refractivity contribution in [3.05, 3.63) is 66.1 Å². The molecule has 5 nitrogen and oxygen atoms in total. The predicted octanol–water partition coefficient (Wildman–Crippen LogP) is 2.14. The molecule has 1 aromatic carbocycles. The summed E-state index contributed by atoms with van der Waals surface area (Å²) in [6, 6.07) is 11.5. The molecule has 2 heterocycles. The number of benzene rings is 1. The van der Waals surface area contributed by atoms with E-state index in [0.717, 1.165) is 22.3 Å². The number of carbonyl (C=O) groups excluding carboxylic acids is 1. The van der Waals surface area contributed by atoms with E-state index in [2.05, 4.69) is 9.97 Å². The standard InChI is InChI=1S/C17H15N3O2/c1-20-12-19-17-15(20)9-14(10-18-17)7-8-16(21)22-11-13-5-3-2-4-6-13/h2-10,12H,11H2,1H3/p+1. The number of pyridine rings is 1. The molecule has 0 aliphatic heterocycles. The van der Waals surface area contributed by atoms with Crippen LogP contribution in [0.4, 0.5) is 0 Å². The molecule has 1 N–H and O–H groups in total. The first-order chi connectivity index (χ1) is 10.7. The summed E-state index contributed by atoms with van der Waals surface area (Å²) in [7, 11) is 1.93. The van der Waals surface area contributed by atoms with Crippen LogP contribution in [0.5, 0.6) is 0 Å². The van der Waals surface area contributed by atoms with Crippen molar-refractivity contribution in [3.63, 3.8) is 0 Å². The van der Waals surface area contributed by atoms with Crippen LogP contribution in [-0.2, 0) is 23.2 Å². The van der Waals surface area contributed by atoms with Crippen LogP contribution in [0.25, 0.3) is 17.2 Å². The number of aryl methyl sites for hydroxylation is 1. The minimum atomic E-state index is -0.373. The van der Waals surface area contributed by atoms with E-state index in [1.807, 2.05) is 54.3 Å². The predicted molar refractivity (Wildman–Crippen MR) is 82.5 cm³/mol. The van der Waals surface area contributed by atoms with E-state index in [1.165, 1.54) is 6.08 Å². The zero-order valence-electron chi connectivity index (χ0n) is 12.2. The molecule has 0 unspecified atom stereocenters. The van der Waals surface area contributed by atoms with Crippen LogP contribution in [0.2, 0.25) is 0 Å². The lowest BCUT2D eigenvalue weighted by Gasteiger charge is -2.01. The van der Waals surface area contributed by atoms with Crippen LogP contribution in [0.3, 0.4) is 0 Å². The summed E-state index contributed by atoms with van der Waals surface area (Å²) in [6.07, 6.45) is 6.66. The van der Waals surface area contributed by atoms with Crippen molar-refractivity contribution in [2.75, 3.05) is 0 Å². The second-order valence-electron chi connectivity index (χ2n) is 4.95. The molecule has 22 heavy (non-hydrogen) atoms. The number of aromatic amines is 1. The molecule has 110 valence electrons. The smallest absolute Gasteiger partial charge is 0.331 e. The fourth-order valence-electron chi connectivity index (χ4n) is 2.11. The van der Waals surface area contributed by atoms with Gasteiger partial charge >= 0.3 is 5.97 Å². The van der Waals surface area contributed by atoms with Gasteiger partial charge in [-0.3, -0.25) is 0 Å². The van der Waals surface area contributed by atoms with Crippen LogP contribution in [0.15, 0.2) is 55.0 Å². The topological polar surface area (TPSA) is 58.9 Å². The number of nitrogens with zero attached hydrogens (tertiary/aromatic N) is 2. The van der Waals surface area contributed by atoms with Gasteiger partial charge in [-0.15, -0.1) is 0 Å². The average molecular weight is 294 g/mol. The number of hydrogen-bond donors (Lipinski definition) is 1. The molecule has 0 fully saturated rings. The van der Waals surface area contributed by atoms with Gasteiger partial charge in [-0.2, -0.15) is 0 Å². The van der Waals surface area contributed by atoms with Gasteiger partial charge in [0.1, 0.15) is 6.61 Å². The van der Waals surface area contributed by atoms with E-state index >= 15 is 0 Å². The van der Waals surface area contributed by atoms with Crippen molar-refractivity contribution >= 4 is 23.2 Å². The lowest BCUT2D eigenvalue weighted by molar-refractivity contribution is -0.644. The number of carbonyl (C=O) groups is 1. The van der Waals surface area contributed by atoms with Crippen molar-refractivity contribution in [1.82, 2.24) is 9.97 Å². The third-order valence-electron chi connectivity index (χ3n) is 3.30. The quantitative estimate of drug-likeness (QED) is 0.455. The van der Waals surface area contributed by atoms with Crippen LogP contribution in [0, 0.1) is 0 Å². The van der Waals surface area contributed by atoms with Crippen molar-refractivity contribution in [3.8, 4) is 0 Å². The summed E-state index contributed by atoms with van der Waals surface area (Å²) in [4.78, 5) is 19.1. The third kappa shape index (κ3) is 3.20. The lowest BCUT2D eigenvalue weighted by atomic mass is 10.2. The molecular formula is C17H16N3O2+. The Bertz CT molecular complexity index is 822. The summed E-state index contributed by atoms with van der Waals surface area (Å²) in [5.41, 5.74) is 3.59. The number of imidazole rings is 1. The van der Waals surface area contributed by atoms with Crippen LogP contribution in [0.1, 0.15) is 11.1 Å². The Kier molecular flexibility index (Phi) is 3.96. The Balaban J connectivity index is 1.64. The van der Waals surface area contributed by atoms with Gasteiger partial charge in [0, 0.05) is 12.3 Å². The molecule has 0 atom stereocenters. The van der Waals surface area contributed by atoms with E-state index < -0.39 is 0 Å². The number of rotatable bonds is 4. The molecule has 0 saturated heterocycles. The van der Waals surface area contributed by atoms with E-state index in [0.29, 0.717) is 0 Å². The first-order valence-electron chi connectivity index (χ1n) is 6.94. The van der Waals surface area contributed by atoms with E-state index in [1.54, 1.807) is 12.3 Å². The average Bonchev–Trinajstić information content (AvgIpc) is 2.93. The van der Waals surface area contributed by atoms with Crippen LogP contribution >= 0.6 is 0 Å². The number of nitrogens with one attached hydrogen (secondary N) is 1. The maximum atomic E-state index is 11.7. The first kappa shape index (κ1) is 14.0. The van der Waals surface area contributed by atoms with E-state index in [4.69, 9.17) is 4.74 Å². The number of esters is 1. The van der Waals surface area contributed by atoms with Gasteiger partial charge in [0.2, 0.25) is 6.33 Å². The second kappa shape index (κ2) is 6.22. The SMILES string of the molecule is C[n+]1c[nH]c2ncc(C=CC(=O)OCc3ccccc3)cc21. The van der Waals surface area contributed by atoms with Crippen molar-refractivity contribution in [2.45, 2.75) is 6.61 Å². The van der Waals surface area contributed by atoms with E-state index in [-0.39, 0.29) is 12.6 Å². The monoisotopic (exact) mass is 294 g/mol. The molecule has 3 rings (SSSR count). The van der Waals surface area contributed by atoms with Crippen molar-refractivity contribution in [1.29, 1.82) is 0 Å². The highest BCUT2D eigenvalue weighted by atomic mass is 16.5. The van der Waals surface area contributed by atoms with Gasteiger partial charge in [0.15, 0.2) is 5.52 Å². The number of ether oxygens (including phenoxy) is 1. The largest absolute Gasteiger partial charge is 0.458 e. The fraction of sp³-hybridized carbons (Fsp3) is 0.118. The minimum Gasteiger partial charge on any atom is -0.458 e. The molecule has 0 aliphatic carbocycles. The molecular weight excluding hydrogens is 278 g/mol. The molecule has 0 radical (unpaired) electrons. The summed E-state index contributed by atoms with van der Waals surface area (Å²) in [5.74, 6) is -0.373. The summed E-state index contributed by atoms with van der Waals surface area (Å²) in [6.45, 7) is 0.272. The van der Waals surface area contributed by atoms with Gasteiger partial charge in [-0.1, -0.05) is 30.3 Å². The third-order valence-corrected chi connectivity index (χ3v) is 3.30. The zero-order valence-corrected chi connectivity index (χ0v) is 12.2. The van der Waals surface area contributed by atoms with Crippen molar-refractivity contribution in [2.24, 2.45) is 7.05 Å². The number of fused-ring (bicyclic) bond motifs is 1. The highest BCUT2D eigenvalue weighted by Gasteiger charge is 2.07. The molecule has 2 aromatic heterocycles. The fourth-order valence-corrected chi connectivity index (χ4v) is 2.11. The first-order valence-corrected chi connectivity index (χ1v) is 6.94. The van der Waals surface area contributed by atoms with Gasteiger partial charge < -0.3 is 4.74 Å². The Morgan fingerprint density at radius 3 is 3.00 bits per heavy atom. The molecule has 0 amide bonds. The Hall–Kier alpha value is -2.95. The normalized spacial score (nSPS) is 11.1. The second-order valence-corrected chi connectivity index (χ2v) is 4.95. The molecule has 0 bridgehead atoms. The van der Waals surface area contributed by atoms with Crippen LogP contribution < -0.4 is 4.57 Å². The Morgan fingerprint density at radius 1 is 1.36 bits per heavy atom. The van der Waals surface area contributed by atoms with Gasteiger partial charge in [0.25, 0.3) is 5.65 Å². The summed E-state index contributed by atoms with van der Waals surface area (Å²) >= 11 is 0. The van der Waals surface area contributed by atoms with Gasteiger partial charge in [-0.25, -0.2) is 19.3 Å². The lowest BCUT2D eigenvalue weighted by Crippen LogP contribution is -2.24. The van der Waals surface area contributed by atoms with Gasteiger partial charge in [-0.05, 0) is 23.3 Å². The zero-order chi connectivity index (χ0) is 15.4. The highest BCUT2D eigenvalue weighted by Crippen LogP contribution is 2.09. The minimum absolute atomic E-state index is 0.272. The van der Waals surface area contributed by atoms with Gasteiger partial charge in [0.05, 0.1) is 7.05 Å². The number of H-pyrrole nitrogens is 1. The summed E-state index contributed by atoms with van der Waals surface area (Å²) < 4.78 is 7.13. The molecule has 5 heteroatoms. The van der Waals surface area contributed by atoms with E-state index in [9.17, 15) is 4.79 Å². The molecule has 0 spiro atoms. The Morgan fingerprint density at radius 2 is 2.18 bits per heavy atom. The maximum Gasteiger partial charge on any atom is 0.331 e. The molecule has 0 aliphatic rings. The number of aromatic nitrogens is 3. The maximum absolute atomic E-state index is 11.7. The molecule has 3 aromatic rings. The summed E-state index contributed by atoms with van der Waals surface area (Å²) in [5, 5.41) is 0.